The van der Waals surface area contributed by atoms with Gasteiger partial charge in [0.2, 0.25) is 5.91 Å². The van der Waals surface area contributed by atoms with Crippen molar-refractivity contribution in [2.24, 2.45) is 4.99 Å². The number of carbonyl (C=O) groups excluding carboxylic acids is 1. The predicted molar refractivity (Wildman–Crippen MR) is 146 cm³/mol. The highest BCUT2D eigenvalue weighted by Crippen LogP contribution is 2.36. The lowest BCUT2D eigenvalue weighted by atomic mass is 10.2. The predicted octanol–water partition coefficient (Wildman–Crippen LogP) is 5.21. The number of fused-ring (bicyclic) bond motifs is 3. The van der Waals surface area contributed by atoms with E-state index in [1.807, 2.05) is 32.9 Å². The number of nitrogen functional groups attached to an aromatic ring is 1. The first-order valence-electron chi connectivity index (χ1n) is 12.5. The average Bonchev–Trinajstić information content (AvgIpc) is 3.52. The van der Waals surface area contributed by atoms with E-state index in [1.54, 1.807) is 25.4 Å². The van der Waals surface area contributed by atoms with Crippen LogP contribution in [0.15, 0.2) is 47.7 Å². The number of hydrogen-bond donors (Lipinski definition) is 2. The number of nitrogens with one attached hydrogen (secondary N) is 1. The van der Waals surface area contributed by atoms with Crippen LogP contribution in [-0.4, -0.2) is 43.9 Å². The molecule has 3 heterocycles. The number of nitrogens with two attached hydrogens (primary N) is 1. The van der Waals surface area contributed by atoms with Crippen molar-refractivity contribution >= 4 is 34.7 Å². The molecule has 1 aliphatic carbocycles. The Kier molecular flexibility index (Phi) is 9.69. The molecule has 206 valence electrons. The van der Waals surface area contributed by atoms with E-state index < -0.39 is 17.8 Å². The molecule has 0 radical (unpaired) electrons. The van der Waals surface area contributed by atoms with Gasteiger partial charge in [-0.3, -0.25) is 4.79 Å². The van der Waals surface area contributed by atoms with Crippen LogP contribution in [-0.2, 0) is 30.2 Å². The van der Waals surface area contributed by atoms with E-state index in [-0.39, 0.29) is 12.1 Å². The fourth-order valence-corrected chi connectivity index (χ4v) is 4.15. The number of benzene rings is 1. The van der Waals surface area contributed by atoms with Crippen molar-refractivity contribution < 1.29 is 18.0 Å². The van der Waals surface area contributed by atoms with Crippen LogP contribution in [0.4, 0.5) is 24.7 Å². The first-order valence-corrected chi connectivity index (χ1v) is 12.5. The molecule has 3 N–H and O–H groups in total. The second-order valence-corrected chi connectivity index (χ2v) is 8.27. The van der Waals surface area contributed by atoms with E-state index in [1.165, 1.54) is 11.9 Å². The molecule has 0 saturated carbocycles. The van der Waals surface area contributed by atoms with Crippen LogP contribution < -0.4 is 11.1 Å². The third-order valence-electron chi connectivity index (χ3n) is 5.84. The van der Waals surface area contributed by atoms with Gasteiger partial charge in [0, 0.05) is 24.1 Å². The number of hydrogen-bond acceptors (Lipinski definition) is 7. The summed E-state index contributed by atoms with van der Waals surface area (Å²) in [6, 6.07) is 9.16. The summed E-state index contributed by atoms with van der Waals surface area (Å²) in [4.78, 5) is 24.5. The van der Waals surface area contributed by atoms with Crippen LogP contribution in [0.25, 0.3) is 16.7 Å². The number of amides is 1. The minimum atomic E-state index is -4.57. The number of aromatic nitrogens is 5. The van der Waals surface area contributed by atoms with Crippen LogP contribution in [0, 0.1) is 0 Å². The third kappa shape index (κ3) is 6.75. The fourth-order valence-electron chi connectivity index (χ4n) is 4.15. The Hall–Kier alpha value is -4.35. The number of halogens is 3. The van der Waals surface area contributed by atoms with E-state index in [2.05, 4.69) is 35.0 Å². The molecule has 9 nitrogen and oxygen atoms in total. The zero-order valence-corrected chi connectivity index (χ0v) is 22.3. The standard InChI is InChI=1S/C22H18F3N7O.C3H7N.C2H6/c23-22(24,25)17-9-6-13(30-31-17)10-18(33)29-12-4-7-14(8-5-12)32-16-3-1-2-15(16)19-20(32)21(26)28-11-27-19;1-3-4-2;1-2/h4-9,11H,1-3,10H2,(H,29,33)(H2,26,27,28);3H,1-2H3;1-2H3. The second-order valence-electron chi connectivity index (χ2n) is 8.27. The highest BCUT2D eigenvalue weighted by atomic mass is 19.4. The summed E-state index contributed by atoms with van der Waals surface area (Å²) in [6.07, 6.45) is 1.35. The molecule has 4 aromatic rings. The Bertz CT molecular complexity index is 1420. The quantitative estimate of drug-likeness (QED) is 0.342. The molecule has 39 heavy (non-hydrogen) atoms. The maximum Gasteiger partial charge on any atom is 0.435 e. The van der Waals surface area contributed by atoms with Gasteiger partial charge in [-0.15, -0.1) is 5.10 Å². The van der Waals surface area contributed by atoms with Crippen molar-refractivity contribution in [3.05, 3.63) is 65.4 Å². The van der Waals surface area contributed by atoms with E-state index in [0.29, 0.717) is 11.5 Å². The topological polar surface area (TPSA) is 124 Å². The third-order valence-corrected chi connectivity index (χ3v) is 5.84. The van der Waals surface area contributed by atoms with Crippen LogP contribution in [0.1, 0.15) is 49.8 Å². The van der Waals surface area contributed by atoms with Gasteiger partial charge >= 0.3 is 6.18 Å². The first-order chi connectivity index (χ1) is 18.7. The Morgan fingerprint density at radius 3 is 2.38 bits per heavy atom. The summed E-state index contributed by atoms with van der Waals surface area (Å²) in [7, 11) is 1.75. The van der Waals surface area contributed by atoms with E-state index in [9.17, 15) is 18.0 Å². The summed E-state index contributed by atoms with van der Waals surface area (Å²) in [5.41, 5.74) is 10.6. The molecule has 1 amide bonds. The van der Waals surface area contributed by atoms with Crippen LogP contribution >= 0.6 is 0 Å². The maximum atomic E-state index is 12.6. The molecule has 0 aliphatic heterocycles. The fraction of sp³-hybridized carbons (Fsp3) is 0.333. The summed E-state index contributed by atoms with van der Waals surface area (Å²) < 4.78 is 39.8. The zero-order chi connectivity index (χ0) is 28.6. The SMILES string of the molecule is CC.CC=NC.Nc1ncnc2c3c(n(-c4ccc(NC(=O)Cc5ccc(C(F)(F)F)nn5)cc4)c12)CCC3. The number of anilines is 2. The molecule has 5 rings (SSSR count). The van der Waals surface area contributed by atoms with Gasteiger partial charge in [-0.1, -0.05) is 13.8 Å². The molecule has 0 spiro atoms. The molecular formula is C27H31F3N8O. The molecule has 1 aromatic carbocycles. The summed E-state index contributed by atoms with van der Waals surface area (Å²) >= 11 is 0. The highest BCUT2D eigenvalue weighted by molar-refractivity contribution is 5.93. The number of aliphatic imine (C=N–C) groups is 1. The van der Waals surface area contributed by atoms with Crippen LogP contribution in [0.2, 0.25) is 0 Å². The van der Waals surface area contributed by atoms with Gasteiger partial charge in [0.05, 0.1) is 17.6 Å². The summed E-state index contributed by atoms with van der Waals surface area (Å²) in [5, 5.41) is 9.34. The maximum absolute atomic E-state index is 12.6. The van der Waals surface area contributed by atoms with Crippen LogP contribution in [0.3, 0.4) is 0 Å². The smallest absolute Gasteiger partial charge is 0.382 e. The van der Waals surface area contributed by atoms with Crippen molar-refractivity contribution in [3.63, 3.8) is 0 Å². The van der Waals surface area contributed by atoms with Crippen molar-refractivity contribution in [2.45, 2.75) is 52.6 Å². The summed E-state index contributed by atoms with van der Waals surface area (Å²) in [6.45, 7) is 5.89. The van der Waals surface area contributed by atoms with Crippen molar-refractivity contribution in [1.29, 1.82) is 0 Å². The van der Waals surface area contributed by atoms with Crippen LogP contribution in [0.5, 0.6) is 0 Å². The number of aryl methyl sites for hydroxylation is 1. The molecule has 1 aliphatic rings. The van der Waals surface area contributed by atoms with Gasteiger partial charge in [-0.05, 0) is 74.4 Å². The zero-order valence-electron chi connectivity index (χ0n) is 22.3. The molecule has 0 bridgehead atoms. The number of alkyl halides is 3. The van der Waals surface area contributed by atoms with E-state index >= 15 is 0 Å². The average molecular weight is 541 g/mol. The highest BCUT2D eigenvalue weighted by Gasteiger charge is 2.33. The lowest BCUT2D eigenvalue weighted by Gasteiger charge is -2.12. The van der Waals surface area contributed by atoms with Crippen molar-refractivity contribution in [2.75, 3.05) is 18.1 Å². The molecular weight excluding hydrogens is 509 g/mol. The number of rotatable bonds is 4. The Balaban J connectivity index is 0.000000644. The molecule has 0 unspecified atom stereocenters. The first kappa shape index (κ1) is 29.2. The number of carbonyl (C=O) groups is 1. The second kappa shape index (κ2) is 12.9. The molecule has 0 fully saturated rings. The molecule has 0 atom stereocenters. The molecule has 3 aromatic heterocycles. The monoisotopic (exact) mass is 540 g/mol. The van der Waals surface area contributed by atoms with Gasteiger partial charge in [0.15, 0.2) is 11.5 Å². The van der Waals surface area contributed by atoms with E-state index in [0.717, 1.165) is 53.8 Å². The minimum Gasteiger partial charge on any atom is -0.382 e. The Morgan fingerprint density at radius 2 is 1.79 bits per heavy atom. The lowest BCUT2D eigenvalue weighted by molar-refractivity contribution is -0.141. The molecule has 0 saturated heterocycles. The van der Waals surface area contributed by atoms with Crippen molar-refractivity contribution in [3.8, 4) is 5.69 Å². The largest absolute Gasteiger partial charge is 0.435 e. The van der Waals surface area contributed by atoms with Gasteiger partial charge in [-0.2, -0.15) is 18.3 Å². The van der Waals surface area contributed by atoms with Crippen molar-refractivity contribution in [1.82, 2.24) is 24.7 Å². The van der Waals surface area contributed by atoms with Gasteiger partial charge in [-0.25, -0.2) is 9.97 Å². The minimum absolute atomic E-state index is 0.141. The number of nitrogens with zero attached hydrogens (tertiary/aromatic N) is 6. The van der Waals surface area contributed by atoms with Gasteiger partial charge in [0.1, 0.15) is 11.8 Å². The Labute approximate surface area is 224 Å². The normalized spacial score (nSPS) is 12.4. The Morgan fingerprint density at radius 1 is 1.10 bits per heavy atom. The lowest BCUT2D eigenvalue weighted by Crippen LogP contribution is -2.16. The van der Waals surface area contributed by atoms with Gasteiger partial charge in [0.25, 0.3) is 0 Å². The van der Waals surface area contributed by atoms with Gasteiger partial charge < -0.3 is 20.6 Å². The molecule has 12 heteroatoms. The van der Waals surface area contributed by atoms with E-state index in [4.69, 9.17) is 5.73 Å². The summed E-state index contributed by atoms with van der Waals surface area (Å²) in [5.74, 6) is -0.00816.